The fourth-order valence-corrected chi connectivity index (χ4v) is 7.67. The van der Waals surface area contributed by atoms with Gasteiger partial charge in [-0.25, -0.2) is 15.0 Å². The summed E-state index contributed by atoms with van der Waals surface area (Å²) in [5.74, 6) is 0.812. The predicted molar refractivity (Wildman–Crippen MR) is 189 cm³/mol. The third kappa shape index (κ3) is 9.29. The van der Waals surface area contributed by atoms with Crippen LogP contribution in [0.4, 0.5) is 11.5 Å². The number of thiol groups is 1. The third-order valence-electron chi connectivity index (χ3n) is 9.13. The number of nitrogens with zero attached hydrogens (tertiary/aromatic N) is 7. The second-order valence-electron chi connectivity index (χ2n) is 12.6. The van der Waals surface area contributed by atoms with Crippen LogP contribution in [0.1, 0.15) is 43.9 Å². The second-order valence-corrected chi connectivity index (χ2v) is 14.6. The van der Waals surface area contributed by atoms with Crippen LogP contribution in [-0.4, -0.2) is 112 Å². The lowest BCUT2D eigenvalue weighted by atomic mass is 9.96. The van der Waals surface area contributed by atoms with Crippen LogP contribution in [0.15, 0.2) is 52.6 Å². The molecule has 4 heterocycles. The number of amides is 2. The molecule has 2 aliphatic heterocycles. The number of anilines is 2. The maximum Gasteiger partial charge on any atom is 0.223 e. The number of carbonyl (C=O) groups is 2. The molecule has 1 unspecified atom stereocenters. The number of rotatable bonds is 12. The Bertz CT molecular complexity index is 1600. The van der Waals surface area contributed by atoms with Gasteiger partial charge in [0.15, 0.2) is 5.16 Å². The molecule has 2 aliphatic rings. The summed E-state index contributed by atoms with van der Waals surface area (Å²) in [5.41, 5.74) is 9.06. The summed E-state index contributed by atoms with van der Waals surface area (Å²) < 4.78 is 0. The molecule has 0 radical (unpaired) electrons. The Morgan fingerprint density at radius 1 is 1.02 bits per heavy atom. The molecule has 1 aromatic carbocycles. The fourth-order valence-electron chi connectivity index (χ4n) is 6.37. The van der Waals surface area contributed by atoms with E-state index in [1.165, 1.54) is 19.8 Å². The van der Waals surface area contributed by atoms with Gasteiger partial charge in [-0.05, 0) is 75.2 Å². The molecule has 2 amide bonds. The summed E-state index contributed by atoms with van der Waals surface area (Å²) in [6, 6.07) is 15.1. The molecular weight excluding hydrogens is 627 g/mol. The van der Waals surface area contributed by atoms with Crippen molar-refractivity contribution in [3.8, 4) is 17.3 Å². The topological polar surface area (TPSA) is 165 Å². The van der Waals surface area contributed by atoms with Crippen molar-refractivity contribution in [1.29, 1.82) is 5.26 Å². The zero-order valence-corrected chi connectivity index (χ0v) is 28.8. The highest BCUT2D eigenvalue weighted by Gasteiger charge is 2.25. The summed E-state index contributed by atoms with van der Waals surface area (Å²) in [6.07, 6.45) is 6.23. The van der Waals surface area contributed by atoms with E-state index in [2.05, 4.69) is 26.2 Å². The van der Waals surface area contributed by atoms with Crippen LogP contribution in [0.3, 0.4) is 0 Å². The van der Waals surface area contributed by atoms with Gasteiger partial charge in [0.2, 0.25) is 11.8 Å². The first-order valence-electron chi connectivity index (χ1n) is 16.7. The van der Waals surface area contributed by atoms with Crippen molar-refractivity contribution >= 4 is 34.2 Å². The number of aromatic nitrogens is 3. The van der Waals surface area contributed by atoms with E-state index in [0.717, 1.165) is 69.5 Å². The van der Waals surface area contributed by atoms with Gasteiger partial charge in [-0.2, -0.15) is 16.2 Å². The SMILES string of the molecule is CC(=O)Nc1ccc(-c2nc([SH](C)c3cccc(CCC(=O)N4CCN(CC5CCN(CCCO)CC5)CC4)n3)nc(N)c2C#N)cc1. The number of aliphatic hydroxyl groups is 1. The first-order valence-corrected chi connectivity index (χ1v) is 18.5. The number of aryl methyl sites for hydroxylation is 1. The quantitative estimate of drug-likeness (QED) is 0.166. The largest absolute Gasteiger partial charge is 0.396 e. The van der Waals surface area contributed by atoms with Gasteiger partial charge >= 0.3 is 0 Å². The molecule has 0 bridgehead atoms. The van der Waals surface area contributed by atoms with Crippen LogP contribution in [0, 0.1) is 17.2 Å². The fraction of sp³-hybridized carbons (Fsp3) is 0.486. The van der Waals surface area contributed by atoms with Gasteiger partial charge in [-0.1, -0.05) is 18.2 Å². The number of piperazine rings is 1. The van der Waals surface area contributed by atoms with Crippen molar-refractivity contribution in [2.75, 3.05) is 76.3 Å². The Hall–Kier alpha value is -4.09. The van der Waals surface area contributed by atoms with Gasteiger partial charge in [0, 0.05) is 76.2 Å². The van der Waals surface area contributed by atoms with Crippen LogP contribution >= 0.6 is 10.9 Å². The van der Waals surface area contributed by atoms with Crippen molar-refractivity contribution in [1.82, 2.24) is 29.7 Å². The number of benzene rings is 1. The number of piperidine rings is 1. The molecule has 2 fully saturated rings. The number of nitrogen functional groups attached to an aromatic ring is 1. The Kier molecular flexibility index (Phi) is 12.4. The highest BCUT2D eigenvalue weighted by molar-refractivity contribution is 8.16. The van der Waals surface area contributed by atoms with E-state index in [9.17, 15) is 14.9 Å². The predicted octanol–water partition coefficient (Wildman–Crippen LogP) is 3.17. The summed E-state index contributed by atoms with van der Waals surface area (Å²) in [7, 11) is -1.10. The lowest BCUT2D eigenvalue weighted by Crippen LogP contribution is -2.50. The number of nitrogens with one attached hydrogen (secondary N) is 1. The highest BCUT2D eigenvalue weighted by Crippen LogP contribution is 2.40. The molecule has 2 aromatic heterocycles. The molecule has 0 saturated carbocycles. The van der Waals surface area contributed by atoms with Crippen LogP contribution < -0.4 is 11.1 Å². The molecule has 13 heteroatoms. The Morgan fingerprint density at radius 3 is 2.42 bits per heavy atom. The van der Waals surface area contributed by atoms with Gasteiger partial charge in [-0.15, -0.1) is 0 Å². The Morgan fingerprint density at radius 2 is 1.75 bits per heavy atom. The van der Waals surface area contributed by atoms with E-state index in [-0.39, 0.29) is 29.8 Å². The summed E-state index contributed by atoms with van der Waals surface area (Å²) in [6.45, 7) is 9.39. The van der Waals surface area contributed by atoms with Gasteiger partial charge in [-0.3, -0.25) is 14.5 Å². The van der Waals surface area contributed by atoms with Crippen molar-refractivity contribution < 1.29 is 14.7 Å². The molecule has 48 heavy (non-hydrogen) atoms. The molecule has 256 valence electrons. The summed E-state index contributed by atoms with van der Waals surface area (Å²) in [5, 5.41) is 23.0. The number of nitrogens with two attached hydrogens (primary N) is 1. The van der Waals surface area contributed by atoms with E-state index < -0.39 is 10.9 Å². The van der Waals surface area contributed by atoms with E-state index in [1.807, 2.05) is 29.4 Å². The normalized spacial score (nSPS) is 17.1. The molecular formula is C35H47N9O3S. The number of pyridine rings is 1. The van der Waals surface area contributed by atoms with Gasteiger partial charge in [0.05, 0.1) is 10.7 Å². The maximum absolute atomic E-state index is 13.2. The van der Waals surface area contributed by atoms with Crippen LogP contribution in [-0.2, 0) is 16.0 Å². The molecule has 2 saturated heterocycles. The number of hydrogen-bond donors (Lipinski definition) is 4. The molecule has 4 N–H and O–H groups in total. The Labute approximate surface area is 285 Å². The zero-order chi connectivity index (χ0) is 34.0. The number of hydrogen-bond acceptors (Lipinski definition) is 10. The van der Waals surface area contributed by atoms with Crippen molar-refractivity contribution in [3.63, 3.8) is 0 Å². The second kappa shape index (κ2) is 16.8. The zero-order valence-electron chi connectivity index (χ0n) is 27.9. The minimum Gasteiger partial charge on any atom is -0.396 e. The number of nitriles is 1. The first kappa shape index (κ1) is 35.2. The summed E-state index contributed by atoms with van der Waals surface area (Å²) in [4.78, 5) is 45.7. The number of carbonyl (C=O) groups excluding carboxylic acids is 2. The molecule has 0 spiro atoms. The standard InChI is InChI=1S/C35H47N9O3S/c1-25(46)38-29-9-7-27(8-10-29)33-30(23-36)34(37)41-35(40-33)48(2)31-6-3-5-28(39-31)11-12-32(47)44-20-18-43(19-21-44)24-26-13-16-42(17-14-26)15-4-22-45/h3,5-10,26,45,48H,4,11-22,24H2,1-2H3,(H,38,46)(H2,37,40,41). The average molecular weight is 674 g/mol. The van der Waals surface area contributed by atoms with E-state index in [1.54, 1.807) is 24.3 Å². The number of aliphatic hydroxyl groups excluding tert-OH is 1. The van der Waals surface area contributed by atoms with Crippen molar-refractivity contribution in [3.05, 3.63) is 53.7 Å². The molecule has 3 aromatic rings. The van der Waals surface area contributed by atoms with Crippen LogP contribution in [0.5, 0.6) is 0 Å². The Balaban J connectivity index is 1.15. The molecule has 5 rings (SSSR count). The van der Waals surface area contributed by atoms with Crippen molar-refractivity contribution in [2.45, 2.75) is 49.2 Å². The molecule has 1 atom stereocenters. The minimum absolute atomic E-state index is 0.110. The van der Waals surface area contributed by atoms with Gasteiger partial charge in [0.1, 0.15) is 17.5 Å². The lowest BCUT2D eigenvalue weighted by Gasteiger charge is -2.39. The minimum atomic E-state index is -1.10. The van der Waals surface area contributed by atoms with E-state index in [4.69, 9.17) is 20.8 Å². The third-order valence-corrected chi connectivity index (χ3v) is 10.9. The first-order chi connectivity index (χ1) is 23.2. The van der Waals surface area contributed by atoms with Gasteiger partial charge in [0.25, 0.3) is 0 Å². The van der Waals surface area contributed by atoms with E-state index in [0.29, 0.717) is 40.9 Å². The summed E-state index contributed by atoms with van der Waals surface area (Å²) >= 11 is 0. The highest BCUT2D eigenvalue weighted by atomic mass is 32.2. The maximum atomic E-state index is 13.2. The van der Waals surface area contributed by atoms with Gasteiger partial charge < -0.3 is 26.0 Å². The molecule has 0 aliphatic carbocycles. The monoisotopic (exact) mass is 673 g/mol. The lowest BCUT2D eigenvalue weighted by molar-refractivity contribution is -0.133. The van der Waals surface area contributed by atoms with Crippen LogP contribution in [0.25, 0.3) is 11.3 Å². The van der Waals surface area contributed by atoms with Crippen LogP contribution in [0.2, 0.25) is 0 Å². The number of likely N-dealkylation sites (tertiary alicyclic amines) is 1. The molecule has 12 nitrogen and oxygen atoms in total. The van der Waals surface area contributed by atoms with Crippen molar-refractivity contribution in [2.24, 2.45) is 5.92 Å². The van der Waals surface area contributed by atoms with E-state index >= 15 is 0 Å². The smallest absolute Gasteiger partial charge is 0.223 e. The average Bonchev–Trinajstić information content (AvgIpc) is 3.10.